The molecule has 1 atom stereocenters. The highest BCUT2D eigenvalue weighted by molar-refractivity contribution is 5.96. The number of rotatable bonds is 5. The van der Waals surface area contributed by atoms with Crippen LogP contribution in [0.4, 0.5) is 10.7 Å². The van der Waals surface area contributed by atoms with Gasteiger partial charge in [-0.05, 0) is 13.0 Å². The Morgan fingerprint density at radius 1 is 1.11 bits per heavy atom. The number of amides is 3. The fourth-order valence-corrected chi connectivity index (χ4v) is 3.34. The molecule has 1 aromatic heterocycles. The van der Waals surface area contributed by atoms with Crippen molar-refractivity contribution in [3.63, 3.8) is 0 Å². The number of carbonyl (C=O) groups excluding carboxylic acids is 2. The highest BCUT2D eigenvalue weighted by Gasteiger charge is 2.35. The van der Waals surface area contributed by atoms with Gasteiger partial charge in [-0.15, -0.1) is 0 Å². The summed E-state index contributed by atoms with van der Waals surface area (Å²) in [5, 5.41) is 5.08. The lowest BCUT2D eigenvalue weighted by atomic mass is 10.0. The average molecular weight is 369 g/mol. The summed E-state index contributed by atoms with van der Waals surface area (Å²) in [5.41, 5.74) is 0.902. The Bertz CT molecular complexity index is 747. The van der Waals surface area contributed by atoms with Crippen LogP contribution in [-0.2, 0) is 4.79 Å². The van der Waals surface area contributed by atoms with Crippen LogP contribution in [0.3, 0.4) is 0 Å². The van der Waals surface area contributed by atoms with Crippen molar-refractivity contribution in [3.05, 3.63) is 54.4 Å². The van der Waals surface area contributed by atoms with E-state index in [9.17, 15) is 9.59 Å². The van der Waals surface area contributed by atoms with Gasteiger partial charge in [0.25, 0.3) is 5.91 Å². The van der Waals surface area contributed by atoms with E-state index in [1.165, 1.54) is 0 Å². The second-order valence-corrected chi connectivity index (χ2v) is 6.39. The molecular formula is C19H25N6O2+. The van der Waals surface area contributed by atoms with Crippen LogP contribution in [0, 0.1) is 0 Å². The minimum absolute atomic E-state index is 0.286. The number of anilines is 1. The SMILES string of the molecule is CCNC(=O)NC(=O)[C@@H](c1ccccc1)[NH+]1CCN(c2ncccn2)CC1. The molecule has 1 aliphatic rings. The monoisotopic (exact) mass is 369 g/mol. The van der Waals surface area contributed by atoms with E-state index in [0.717, 1.165) is 36.6 Å². The largest absolute Gasteiger partial charge is 0.338 e. The quantitative estimate of drug-likeness (QED) is 0.677. The Hall–Kier alpha value is -3.00. The Labute approximate surface area is 158 Å². The lowest BCUT2D eigenvalue weighted by molar-refractivity contribution is -0.922. The summed E-state index contributed by atoms with van der Waals surface area (Å²) in [6.07, 6.45) is 3.46. The molecule has 0 aliphatic carbocycles. The maximum Gasteiger partial charge on any atom is 0.321 e. The molecule has 0 saturated carbocycles. The molecule has 1 aromatic carbocycles. The van der Waals surface area contributed by atoms with Crippen LogP contribution in [0.25, 0.3) is 0 Å². The van der Waals surface area contributed by atoms with Gasteiger partial charge < -0.3 is 15.1 Å². The molecule has 0 bridgehead atoms. The molecule has 3 N–H and O–H groups in total. The molecule has 2 heterocycles. The zero-order chi connectivity index (χ0) is 19.1. The van der Waals surface area contributed by atoms with Crippen LogP contribution < -0.4 is 20.4 Å². The van der Waals surface area contributed by atoms with Crippen LogP contribution in [0.1, 0.15) is 18.5 Å². The van der Waals surface area contributed by atoms with Crippen molar-refractivity contribution in [1.82, 2.24) is 20.6 Å². The zero-order valence-corrected chi connectivity index (χ0v) is 15.4. The summed E-state index contributed by atoms with van der Waals surface area (Å²) in [6.45, 7) is 5.28. The Morgan fingerprint density at radius 2 is 1.78 bits per heavy atom. The molecule has 8 heteroatoms. The first-order valence-corrected chi connectivity index (χ1v) is 9.19. The molecular weight excluding hydrogens is 344 g/mol. The van der Waals surface area contributed by atoms with Crippen LogP contribution in [0.5, 0.6) is 0 Å². The number of carbonyl (C=O) groups is 2. The van der Waals surface area contributed by atoms with Gasteiger partial charge in [0, 0.05) is 24.5 Å². The second kappa shape index (κ2) is 9.09. The van der Waals surface area contributed by atoms with Gasteiger partial charge in [0.15, 0.2) is 6.04 Å². The van der Waals surface area contributed by atoms with Gasteiger partial charge in [0.05, 0.1) is 26.2 Å². The fourth-order valence-electron chi connectivity index (χ4n) is 3.34. The number of hydrogen-bond acceptors (Lipinski definition) is 5. The van der Waals surface area contributed by atoms with E-state index < -0.39 is 12.1 Å². The number of benzene rings is 1. The van der Waals surface area contributed by atoms with Crippen molar-refractivity contribution in [2.45, 2.75) is 13.0 Å². The van der Waals surface area contributed by atoms with Crippen LogP contribution >= 0.6 is 0 Å². The molecule has 3 amide bonds. The van der Waals surface area contributed by atoms with Gasteiger partial charge in [-0.3, -0.25) is 10.1 Å². The number of quaternary nitrogens is 1. The van der Waals surface area contributed by atoms with Crippen molar-refractivity contribution >= 4 is 17.9 Å². The molecule has 8 nitrogen and oxygen atoms in total. The third kappa shape index (κ3) is 4.79. The van der Waals surface area contributed by atoms with Gasteiger partial charge in [0.1, 0.15) is 0 Å². The summed E-state index contributed by atoms with van der Waals surface area (Å²) in [6, 6.07) is 10.5. The molecule has 3 rings (SSSR count). The number of hydrogen-bond donors (Lipinski definition) is 3. The first-order chi connectivity index (χ1) is 13.2. The van der Waals surface area contributed by atoms with Gasteiger partial charge >= 0.3 is 6.03 Å². The number of imide groups is 1. The molecule has 27 heavy (non-hydrogen) atoms. The van der Waals surface area contributed by atoms with Crippen molar-refractivity contribution in [2.24, 2.45) is 0 Å². The lowest BCUT2D eigenvalue weighted by Crippen LogP contribution is -3.16. The van der Waals surface area contributed by atoms with Crippen molar-refractivity contribution in [1.29, 1.82) is 0 Å². The molecule has 2 aromatic rings. The second-order valence-electron chi connectivity index (χ2n) is 6.39. The minimum atomic E-state index is -0.459. The van der Waals surface area contributed by atoms with Crippen molar-refractivity contribution in [3.8, 4) is 0 Å². The van der Waals surface area contributed by atoms with Crippen LogP contribution in [0.15, 0.2) is 48.8 Å². The van der Waals surface area contributed by atoms with Gasteiger partial charge in [-0.2, -0.15) is 0 Å². The Balaban J connectivity index is 1.72. The minimum Gasteiger partial charge on any atom is -0.338 e. The van der Waals surface area contributed by atoms with Crippen molar-refractivity contribution in [2.75, 3.05) is 37.6 Å². The molecule has 0 unspecified atom stereocenters. The number of nitrogens with zero attached hydrogens (tertiary/aromatic N) is 3. The molecule has 0 radical (unpaired) electrons. The van der Waals surface area contributed by atoms with E-state index >= 15 is 0 Å². The normalized spacial score (nSPS) is 15.8. The summed E-state index contributed by atoms with van der Waals surface area (Å²) >= 11 is 0. The first kappa shape index (κ1) is 18.8. The maximum absolute atomic E-state index is 12.8. The highest BCUT2D eigenvalue weighted by atomic mass is 16.2. The number of nitrogens with one attached hydrogen (secondary N) is 3. The highest BCUT2D eigenvalue weighted by Crippen LogP contribution is 2.11. The molecule has 1 fully saturated rings. The summed E-state index contributed by atoms with van der Waals surface area (Å²) < 4.78 is 0. The van der Waals surface area contributed by atoms with Crippen LogP contribution in [-0.4, -0.2) is 54.6 Å². The summed E-state index contributed by atoms with van der Waals surface area (Å²) in [4.78, 5) is 36.5. The van der Waals surface area contributed by atoms with Crippen molar-refractivity contribution < 1.29 is 14.5 Å². The average Bonchev–Trinajstić information content (AvgIpc) is 2.70. The third-order valence-electron chi connectivity index (χ3n) is 4.62. The van der Waals surface area contributed by atoms with Gasteiger partial charge in [-0.1, -0.05) is 30.3 Å². The summed E-state index contributed by atoms with van der Waals surface area (Å²) in [7, 11) is 0. The smallest absolute Gasteiger partial charge is 0.321 e. The Kier molecular flexibility index (Phi) is 6.32. The van der Waals surface area contributed by atoms with E-state index in [0.29, 0.717) is 12.5 Å². The zero-order valence-electron chi connectivity index (χ0n) is 15.4. The maximum atomic E-state index is 12.8. The van der Waals surface area contributed by atoms with E-state index in [1.54, 1.807) is 18.5 Å². The van der Waals surface area contributed by atoms with Gasteiger partial charge in [-0.25, -0.2) is 14.8 Å². The number of aromatic nitrogens is 2. The van der Waals surface area contributed by atoms with Crippen LogP contribution in [0.2, 0.25) is 0 Å². The standard InChI is InChI=1S/C19H24N6O2/c1-2-20-19(27)23-17(26)16(15-7-4-3-5-8-15)24-11-13-25(14-12-24)18-21-9-6-10-22-18/h3-10,16H,2,11-14H2,1H3,(H2,20,23,26,27)/p+1/t16-/m1/s1. The predicted molar refractivity (Wildman–Crippen MR) is 101 cm³/mol. The van der Waals surface area contributed by atoms with Gasteiger partial charge in [0.2, 0.25) is 5.95 Å². The van der Waals surface area contributed by atoms with E-state index in [-0.39, 0.29) is 5.91 Å². The predicted octanol–water partition coefficient (Wildman–Crippen LogP) is -0.231. The molecule has 1 aliphatic heterocycles. The Morgan fingerprint density at radius 3 is 2.41 bits per heavy atom. The number of urea groups is 1. The molecule has 0 spiro atoms. The van der Waals surface area contributed by atoms with E-state index in [2.05, 4.69) is 25.5 Å². The first-order valence-electron chi connectivity index (χ1n) is 9.19. The lowest BCUT2D eigenvalue weighted by Gasteiger charge is -2.35. The summed E-state index contributed by atoms with van der Waals surface area (Å²) in [5.74, 6) is 0.422. The molecule has 1 saturated heterocycles. The molecule has 142 valence electrons. The van der Waals surface area contributed by atoms with E-state index in [1.807, 2.05) is 37.3 Å². The third-order valence-corrected chi connectivity index (χ3v) is 4.62. The van der Waals surface area contributed by atoms with E-state index in [4.69, 9.17) is 0 Å². The number of piperazine rings is 1. The fraction of sp³-hybridized carbons (Fsp3) is 0.368. The topological polar surface area (TPSA) is 91.7 Å².